The van der Waals surface area contributed by atoms with Crippen LogP contribution in [0.4, 0.5) is 34.0 Å². The number of hydrogen-bond donors (Lipinski definition) is 3. The van der Waals surface area contributed by atoms with Gasteiger partial charge in [-0.1, -0.05) is 12.1 Å². The van der Waals surface area contributed by atoms with Gasteiger partial charge in [-0.15, -0.1) is 0 Å². The van der Waals surface area contributed by atoms with Crippen LogP contribution in [-0.2, 0) is 17.5 Å². The molecule has 2 aromatic rings. The Morgan fingerprint density at radius 3 is 2.47 bits per heavy atom. The normalized spacial score (nSPS) is 17.8. The van der Waals surface area contributed by atoms with E-state index in [0.29, 0.717) is 31.5 Å². The molecule has 1 aromatic heterocycles. The average Bonchev–Trinajstić information content (AvgIpc) is 3.62. The summed E-state index contributed by atoms with van der Waals surface area (Å²) in [5.41, 5.74) is 4.23. The molecule has 1 aliphatic heterocycles. The van der Waals surface area contributed by atoms with Gasteiger partial charge in [-0.25, -0.2) is 14.8 Å². The van der Waals surface area contributed by atoms with Crippen molar-refractivity contribution >= 4 is 17.7 Å². The first-order valence-electron chi connectivity index (χ1n) is 11.0. The minimum absolute atomic E-state index is 0.0356. The van der Waals surface area contributed by atoms with Gasteiger partial charge in [-0.05, 0) is 43.6 Å². The molecule has 184 valence electrons. The molecule has 2 fully saturated rings. The van der Waals surface area contributed by atoms with E-state index in [1.807, 2.05) is 0 Å². The average molecular weight is 482 g/mol. The Bertz CT molecular complexity index is 1010. The predicted octanol–water partition coefficient (Wildman–Crippen LogP) is 3.43. The molecule has 1 saturated heterocycles. The van der Waals surface area contributed by atoms with Crippen LogP contribution >= 0.6 is 0 Å². The number of halogens is 4. The summed E-state index contributed by atoms with van der Waals surface area (Å²) >= 11 is 0. The van der Waals surface area contributed by atoms with Crippen molar-refractivity contribution in [1.29, 1.82) is 0 Å². The molecule has 4 N–H and O–H groups in total. The first kappa shape index (κ1) is 24.0. The first-order valence-corrected chi connectivity index (χ1v) is 11.0. The second-order valence-corrected chi connectivity index (χ2v) is 8.62. The van der Waals surface area contributed by atoms with E-state index < -0.39 is 29.3 Å². The Morgan fingerprint density at radius 2 is 1.88 bits per heavy atom. The van der Waals surface area contributed by atoms with Crippen molar-refractivity contribution in [2.24, 2.45) is 5.73 Å². The number of nitrogens with zero attached hydrogens (tertiary/aromatic N) is 3. The van der Waals surface area contributed by atoms with E-state index in [0.717, 1.165) is 25.0 Å². The number of aromatic nitrogens is 2. The topological polar surface area (TPSA) is 105 Å². The summed E-state index contributed by atoms with van der Waals surface area (Å²) in [7, 11) is 0. The van der Waals surface area contributed by atoms with Gasteiger partial charge in [0.05, 0.1) is 12.1 Å². The highest BCUT2D eigenvalue weighted by molar-refractivity contribution is 5.65. The van der Waals surface area contributed by atoms with E-state index in [9.17, 15) is 18.0 Å². The molecule has 12 heteroatoms. The standard InChI is InChI=1S/C22H26F4N6O2/c23-17-18(29-12-21(34-20(27)33)7-9-28-10-8-21)30-13-31-19(17)32(16-5-6-16)11-14-1-3-15(4-2-14)22(24,25)26/h1-4,13,16,28H,5-12H2,(H2,27,33)(H,29,30,31). The Morgan fingerprint density at radius 1 is 1.21 bits per heavy atom. The largest absolute Gasteiger partial charge is 0.441 e. The maximum atomic E-state index is 15.5. The maximum Gasteiger partial charge on any atom is 0.416 e. The third-order valence-corrected chi connectivity index (χ3v) is 6.07. The molecular weight excluding hydrogens is 456 g/mol. The molecule has 34 heavy (non-hydrogen) atoms. The smallest absolute Gasteiger partial charge is 0.416 e. The van der Waals surface area contributed by atoms with Gasteiger partial charge in [0.1, 0.15) is 11.9 Å². The molecule has 1 aromatic carbocycles. The molecule has 0 spiro atoms. The van der Waals surface area contributed by atoms with Crippen molar-refractivity contribution in [3.05, 3.63) is 47.5 Å². The van der Waals surface area contributed by atoms with Gasteiger partial charge in [0.2, 0.25) is 5.82 Å². The number of carbonyl (C=O) groups is 1. The lowest BCUT2D eigenvalue weighted by Gasteiger charge is -2.36. The van der Waals surface area contributed by atoms with E-state index in [-0.39, 0.29) is 30.8 Å². The maximum absolute atomic E-state index is 15.5. The zero-order valence-electron chi connectivity index (χ0n) is 18.4. The van der Waals surface area contributed by atoms with Crippen molar-refractivity contribution < 1.29 is 27.1 Å². The molecule has 8 nitrogen and oxygen atoms in total. The van der Waals surface area contributed by atoms with Crippen LogP contribution in [0.3, 0.4) is 0 Å². The molecule has 4 rings (SSSR count). The fourth-order valence-corrected chi connectivity index (χ4v) is 4.10. The molecule has 2 heterocycles. The van der Waals surface area contributed by atoms with Crippen LogP contribution in [-0.4, -0.2) is 47.3 Å². The Kier molecular flexibility index (Phi) is 6.78. The monoisotopic (exact) mass is 482 g/mol. The Hall–Kier alpha value is -3.15. The molecule has 2 aliphatic rings. The van der Waals surface area contributed by atoms with Gasteiger partial charge < -0.3 is 26.0 Å². The predicted molar refractivity (Wildman–Crippen MR) is 117 cm³/mol. The number of primary amides is 1. The Balaban J connectivity index is 1.51. The minimum atomic E-state index is -4.42. The zero-order valence-corrected chi connectivity index (χ0v) is 18.4. The third kappa shape index (κ3) is 5.66. The molecule has 0 unspecified atom stereocenters. The second-order valence-electron chi connectivity index (χ2n) is 8.62. The number of anilines is 2. The fraction of sp³-hybridized carbons (Fsp3) is 0.500. The number of amides is 1. The van der Waals surface area contributed by atoms with E-state index >= 15 is 4.39 Å². The van der Waals surface area contributed by atoms with Crippen LogP contribution in [0.15, 0.2) is 30.6 Å². The van der Waals surface area contributed by atoms with Crippen molar-refractivity contribution in [1.82, 2.24) is 15.3 Å². The van der Waals surface area contributed by atoms with Crippen molar-refractivity contribution in [3.63, 3.8) is 0 Å². The van der Waals surface area contributed by atoms with Crippen LogP contribution in [0, 0.1) is 5.82 Å². The lowest BCUT2D eigenvalue weighted by atomic mass is 9.92. The summed E-state index contributed by atoms with van der Waals surface area (Å²) in [4.78, 5) is 21.3. The van der Waals surface area contributed by atoms with Gasteiger partial charge in [0.15, 0.2) is 11.6 Å². The number of nitrogens with one attached hydrogen (secondary N) is 2. The molecule has 1 aliphatic carbocycles. The number of carbonyl (C=O) groups excluding carboxylic acids is 1. The van der Waals surface area contributed by atoms with E-state index in [1.54, 1.807) is 4.90 Å². The van der Waals surface area contributed by atoms with Crippen molar-refractivity contribution in [2.45, 2.75) is 50.0 Å². The summed E-state index contributed by atoms with van der Waals surface area (Å²) in [6.45, 7) is 1.56. The highest BCUT2D eigenvalue weighted by atomic mass is 19.4. The van der Waals surface area contributed by atoms with E-state index in [2.05, 4.69) is 20.6 Å². The van der Waals surface area contributed by atoms with Gasteiger partial charge in [-0.3, -0.25) is 0 Å². The summed E-state index contributed by atoms with van der Waals surface area (Å²) in [6, 6.07) is 4.84. The highest BCUT2D eigenvalue weighted by Crippen LogP contribution is 2.35. The second kappa shape index (κ2) is 9.61. The number of piperidine rings is 1. The molecular formula is C22H26F4N6O2. The summed E-state index contributed by atoms with van der Waals surface area (Å²) in [5.74, 6) is -0.659. The Labute approximate surface area is 193 Å². The van der Waals surface area contributed by atoms with Gasteiger partial charge >= 0.3 is 12.3 Å². The summed E-state index contributed by atoms with van der Waals surface area (Å²) in [6.07, 6.45) is -1.42. The van der Waals surface area contributed by atoms with E-state index in [4.69, 9.17) is 10.5 Å². The lowest BCUT2D eigenvalue weighted by molar-refractivity contribution is -0.137. The van der Waals surface area contributed by atoms with Crippen LogP contribution < -0.4 is 21.3 Å². The summed E-state index contributed by atoms with van der Waals surface area (Å²) in [5, 5.41) is 6.10. The quantitative estimate of drug-likeness (QED) is 0.495. The number of alkyl halides is 3. The number of rotatable bonds is 8. The molecule has 1 amide bonds. The van der Waals surface area contributed by atoms with Gasteiger partial charge in [0, 0.05) is 25.4 Å². The minimum Gasteiger partial charge on any atom is -0.441 e. The first-order chi connectivity index (χ1) is 16.2. The number of benzene rings is 1. The van der Waals surface area contributed by atoms with Crippen LogP contribution in [0.25, 0.3) is 0 Å². The lowest BCUT2D eigenvalue weighted by Crippen LogP contribution is -2.50. The molecule has 0 radical (unpaired) electrons. The number of hydrogen-bond acceptors (Lipinski definition) is 7. The zero-order chi connectivity index (χ0) is 24.3. The molecule has 0 bridgehead atoms. The van der Waals surface area contributed by atoms with Crippen LogP contribution in [0.5, 0.6) is 0 Å². The SMILES string of the molecule is NC(=O)OC1(CNc2ncnc(N(Cc3ccc(C(F)(F)F)cc3)C3CC3)c2F)CCNCC1. The van der Waals surface area contributed by atoms with Crippen molar-refractivity contribution in [2.75, 3.05) is 29.9 Å². The van der Waals surface area contributed by atoms with Crippen LogP contribution in [0.2, 0.25) is 0 Å². The third-order valence-electron chi connectivity index (χ3n) is 6.07. The van der Waals surface area contributed by atoms with Crippen molar-refractivity contribution in [3.8, 4) is 0 Å². The van der Waals surface area contributed by atoms with Crippen LogP contribution in [0.1, 0.15) is 36.8 Å². The summed E-state index contributed by atoms with van der Waals surface area (Å²) < 4.78 is 59.4. The highest BCUT2D eigenvalue weighted by Gasteiger charge is 2.37. The fourth-order valence-electron chi connectivity index (χ4n) is 4.10. The number of ether oxygens (including phenoxy) is 1. The molecule has 1 saturated carbocycles. The number of nitrogens with two attached hydrogens (primary N) is 1. The molecule has 0 atom stereocenters. The van der Waals surface area contributed by atoms with Gasteiger partial charge in [-0.2, -0.15) is 17.6 Å². The van der Waals surface area contributed by atoms with Gasteiger partial charge in [0.25, 0.3) is 0 Å². The van der Waals surface area contributed by atoms with E-state index in [1.165, 1.54) is 18.5 Å².